The lowest BCUT2D eigenvalue weighted by atomic mass is 10.1. The molecule has 26 heavy (non-hydrogen) atoms. The first-order valence-electron chi connectivity index (χ1n) is 7.77. The van der Waals surface area contributed by atoms with Gasteiger partial charge in [-0.1, -0.05) is 35.6 Å². The van der Waals surface area contributed by atoms with Crippen molar-refractivity contribution in [3.63, 3.8) is 0 Å². The summed E-state index contributed by atoms with van der Waals surface area (Å²) < 4.78 is 6.79. The molecule has 0 spiro atoms. The number of hydrazone groups is 1. The van der Waals surface area contributed by atoms with Crippen molar-refractivity contribution in [3.05, 3.63) is 72.0 Å². The van der Waals surface area contributed by atoms with Crippen LogP contribution in [0.5, 0.6) is 0 Å². The molecule has 2 aromatic heterocycles. The second kappa shape index (κ2) is 6.81. The number of carboxylic acids is 1. The number of furan rings is 1. The number of thiazole rings is 1. The third-order valence-electron chi connectivity index (χ3n) is 3.67. The van der Waals surface area contributed by atoms with E-state index >= 15 is 0 Å². The minimum Gasteiger partial charge on any atom is -0.478 e. The maximum absolute atomic E-state index is 11.1. The molecule has 0 aliphatic rings. The Balaban J connectivity index is 1.48. The first-order valence-corrected chi connectivity index (χ1v) is 8.59. The van der Waals surface area contributed by atoms with Crippen molar-refractivity contribution in [2.24, 2.45) is 5.10 Å². The molecule has 0 amide bonds. The SMILES string of the molecule is O=C(O)c1cccc(-c2ccc(/C=N/Nc3nc4ccccc4s3)o2)c1. The van der Waals surface area contributed by atoms with Gasteiger partial charge in [0.05, 0.1) is 22.0 Å². The number of rotatable bonds is 5. The fourth-order valence-electron chi connectivity index (χ4n) is 2.45. The van der Waals surface area contributed by atoms with Crippen LogP contribution in [0.1, 0.15) is 16.1 Å². The van der Waals surface area contributed by atoms with E-state index in [1.165, 1.54) is 11.3 Å². The monoisotopic (exact) mass is 363 g/mol. The van der Waals surface area contributed by atoms with Crippen molar-refractivity contribution in [2.45, 2.75) is 0 Å². The largest absolute Gasteiger partial charge is 0.478 e. The highest BCUT2D eigenvalue weighted by atomic mass is 32.1. The molecule has 0 unspecified atom stereocenters. The van der Waals surface area contributed by atoms with Crippen molar-refractivity contribution in [1.29, 1.82) is 0 Å². The number of benzene rings is 2. The Bertz CT molecular complexity index is 1080. The molecule has 2 N–H and O–H groups in total. The van der Waals surface area contributed by atoms with Crippen LogP contribution < -0.4 is 5.43 Å². The summed E-state index contributed by atoms with van der Waals surface area (Å²) >= 11 is 1.52. The van der Waals surface area contributed by atoms with Crippen molar-refractivity contribution in [3.8, 4) is 11.3 Å². The van der Waals surface area contributed by atoms with Crippen LogP contribution in [0.4, 0.5) is 5.13 Å². The third-order valence-corrected chi connectivity index (χ3v) is 4.61. The second-order valence-corrected chi connectivity index (χ2v) is 6.48. The molecule has 0 saturated carbocycles. The van der Waals surface area contributed by atoms with E-state index in [9.17, 15) is 4.79 Å². The number of hydrogen-bond acceptors (Lipinski definition) is 6. The van der Waals surface area contributed by atoms with E-state index in [2.05, 4.69) is 15.5 Å². The molecule has 6 nitrogen and oxygen atoms in total. The van der Waals surface area contributed by atoms with Gasteiger partial charge in [-0.05, 0) is 36.4 Å². The number of carbonyl (C=O) groups is 1. The molecule has 2 heterocycles. The van der Waals surface area contributed by atoms with Crippen molar-refractivity contribution in [1.82, 2.24) is 4.98 Å². The number of para-hydroxylation sites is 1. The molecule has 0 aliphatic carbocycles. The summed E-state index contributed by atoms with van der Waals surface area (Å²) in [5, 5.41) is 13.9. The van der Waals surface area contributed by atoms with Gasteiger partial charge in [0, 0.05) is 5.56 Å². The molecule has 0 fully saturated rings. The predicted molar refractivity (Wildman–Crippen MR) is 102 cm³/mol. The van der Waals surface area contributed by atoms with Gasteiger partial charge in [-0.15, -0.1) is 0 Å². The van der Waals surface area contributed by atoms with E-state index in [1.54, 1.807) is 42.6 Å². The van der Waals surface area contributed by atoms with Crippen LogP contribution in [-0.4, -0.2) is 22.3 Å². The van der Waals surface area contributed by atoms with Crippen molar-refractivity contribution < 1.29 is 14.3 Å². The van der Waals surface area contributed by atoms with Crippen LogP contribution in [0.15, 0.2) is 70.2 Å². The molecular weight excluding hydrogens is 350 g/mol. The zero-order valence-corrected chi connectivity index (χ0v) is 14.2. The number of fused-ring (bicyclic) bond motifs is 1. The fraction of sp³-hybridized carbons (Fsp3) is 0. The molecule has 0 saturated heterocycles. The minimum atomic E-state index is -0.972. The van der Waals surface area contributed by atoms with Gasteiger partial charge in [-0.3, -0.25) is 5.43 Å². The summed E-state index contributed by atoms with van der Waals surface area (Å²) in [5.74, 6) is 0.157. The molecule has 7 heteroatoms. The number of aromatic carboxylic acids is 1. The Morgan fingerprint density at radius 1 is 1.15 bits per heavy atom. The van der Waals surface area contributed by atoms with Crippen LogP contribution in [0.2, 0.25) is 0 Å². The number of nitrogens with zero attached hydrogens (tertiary/aromatic N) is 2. The topological polar surface area (TPSA) is 87.7 Å². The van der Waals surface area contributed by atoms with Crippen LogP contribution in [0, 0.1) is 0 Å². The molecule has 2 aromatic carbocycles. The van der Waals surface area contributed by atoms with Gasteiger partial charge < -0.3 is 9.52 Å². The highest BCUT2D eigenvalue weighted by molar-refractivity contribution is 7.22. The van der Waals surface area contributed by atoms with Gasteiger partial charge in [-0.25, -0.2) is 9.78 Å². The third kappa shape index (κ3) is 3.33. The molecule has 4 rings (SSSR count). The molecular formula is C19H13N3O3S. The smallest absolute Gasteiger partial charge is 0.335 e. The van der Waals surface area contributed by atoms with E-state index in [4.69, 9.17) is 9.52 Å². The first kappa shape index (κ1) is 16.0. The van der Waals surface area contributed by atoms with Crippen LogP contribution >= 0.6 is 11.3 Å². The lowest BCUT2D eigenvalue weighted by Gasteiger charge is -1.98. The van der Waals surface area contributed by atoms with Crippen molar-refractivity contribution in [2.75, 3.05) is 5.43 Å². The first-order chi connectivity index (χ1) is 12.7. The average Bonchev–Trinajstić information content (AvgIpc) is 3.28. The molecule has 0 bridgehead atoms. The van der Waals surface area contributed by atoms with Gasteiger partial charge in [0.25, 0.3) is 0 Å². The summed E-state index contributed by atoms with van der Waals surface area (Å²) in [6, 6.07) is 18.0. The maximum Gasteiger partial charge on any atom is 0.335 e. The van der Waals surface area contributed by atoms with Gasteiger partial charge in [-0.2, -0.15) is 5.10 Å². The summed E-state index contributed by atoms with van der Waals surface area (Å²) in [6.45, 7) is 0. The summed E-state index contributed by atoms with van der Waals surface area (Å²) in [5.41, 5.74) is 4.73. The average molecular weight is 363 g/mol. The van der Waals surface area contributed by atoms with E-state index in [0.29, 0.717) is 22.2 Å². The second-order valence-electron chi connectivity index (χ2n) is 5.44. The van der Waals surface area contributed by atoms with E-state index in [1.807, 2.05) is 24.3 Å². The highest BCUT2D eigenvalue weighted by Crippen LogP contribution is 2.25. The lowest BCUT2D eigenvalue weighted by Crippen LogP contribution is -1.95. The van der Waals surface area contributed by atoms with Crippen LogP contribution in [0.3, 0.4) is 0 Å². The van der Waals surface area contributed by atoms with E-state index in [-0.39, 0.29) is 5.56 Å². The van der Waals surface area contributed by atoms with Gasteiger partial charge in [0.15, 0.2) is 0 Å². The standard InChI is InChI=1S/C19H13N3O3S/c23-18(24)13-5-3-4-12(10-13)16-9-8-14(25-16)11-20-22-19-21-15-6-1-2-7-17(15)26-19/h1-11H,(H,21,22)(H,23,24)/b20-11+. The quantitative estimate of drug-likeness (QED) is 0.396. The zero-order valence-electron chi connectivity index (χ0n) is 13.4. The fourth-order valence-corrected chi connectivity index (χ4v) is 3.27. The zero-order chi connectivity index (χ0) is 17.9. The normalized spacial score (nSPS) is 11.2. The Morgan fingerprint density at radius 2 is 2.04 bits per heavy atom. The maximum atomic E-state index is 11.1. The van der Waals surface area contributed by atoms with Gasteiger partial charge in [0.2, 0.25) is 5.13 Å². The minimum absolute atomic E-state index is 0.214. The number of aromatic nitrogens is 1. The van der Waals surface area contributed by atoms with Crippen LogP contribution in [-0.2, 0) is 0 Å². The van der Waals surface area contributed by atoms with Crippen molar-refractivity contribution >= 4 is 38.9 Å². The highest BCUT2D eigenvalue weighted by Gasteiger charge is 2.08. The Morgan fingerprint density at radius 3 is 2.88 bits per heavy atom. The number of hydrogen-bond donors (Lipinski definition) is 2. The Kier molecular flexibility index (Phi) is 4.20. The Hall–Kier alpha value is -3.45. The Labute approximate surface area is 152 Å². The number of anilines is 1. The summed E-state index contributed by atoms with van der Waals surface area (Å²) in [7, 11) is 0. The van der Waals surface area contributed by atoms with Gasteiger partial charge >= 0.3 is 5.97 Å². The molecule has 0 atom stereocenters. The molecule has 4 aromatic rings. The van der Waals surface area contributed by atoms with Crippen LogP contribution in [0.25, 0.3) is 21.5 Å². The molecule has 0 aliphatic heterocycles. The summed E-state index contributed by atoms with van der Waals surface area (Å²) in [4.78, 5) is 15.5. The summed E-state index contributed by atoms with van der Waals surface area (Å²) in [6.07, 6.45) is 1.55. The molecule has 128 valence electrons. The van der Waals surface area contributed by atoms with Gasteiger partial charge in [0.1, 0.15) is 11.5 Å². The molecule has 0 radical (unpaired) electrons. The number of nitrogens with one attached hydrogen (secondary N) is 1. The predicted octanol–water partition coefficient (Wildman–Crippen LogP) is 4.70. The van der Waals surface area contributed by atoms with E-state index < -0.39 is 5.97 Å². The van der Waals surface area contributed by atoms with E-state index in [0.717, 1.165) is 10.2 Å². The number of carboxylic acid groups (broad SMARTS) is 1. The lowest BCUT2D eigenvalue weighted by molar-refractivity contribution is 0.0697.